The first-order valence-corrected chi connectivity index (χ1v) is 7.14. The number of benzene rings is 1. The van der Waals surface area contributed by atoms with Crippen molar-refractivity contribution >= 4 is 10.9 Å². The molecule has 2 unspecified atom stereocenters. The Kier molecular flexibility index (Phi) is 3.76. The monoisotopic (exact) mass is 255 g/mol. The maximum Gasteiger partial charge on any atom is 0.0734 e. The van der Waals surface area contributed by atoms with Gasteiger partial charge >= 0.3 is 0 Å². The molecular weight excluding hydrogens is 234 g/mol. The summed E-state index contributed by atoms with van der Waals surface area (Å²) in [4.78, 5) is 4.50. The summed E-state index contributed by atoms with van der Waals surface area (Å²) in [6, 6.07) is 11.5. The highest BCUT2D eigenvalue weighted by molar-refractivity contribution is 5.81. The Morgan fingerprint density at radius 2 is 2.11 bits per heavy atom. The van der Waals surface area contributed by atoms with Crippen molar-refractivity contribution in [3.63, 3.8) is 0 Å². The molecule has 0 spiro atoms. The number of para-hydroxylation sites is 1. The quantitative estimate of drug-likeness (QED) is 0.881. The van der Waals surface area contributed by atoms with Crippen LogP contribution >= 0.6 is 0 Å². The van der Waals surface area contributed by atoms with E-state index < -0.39 is 0 Å². The molecule has 19 heavy (non-hydrogen) atoms. The number of pyridine rings is 1. The van der Waals surface area contributed by atoms with Crippen molar-refractivity contribution in [3.8, 4) is 0 Å². The van der Waals surface area contributed by atoms with Crippen LogP contribution in [0.5, 0.6) is 0 Å². The number of aromatic nitrogens is 1. The summed E-state index contributed by atoms with van der Waals surface area (Å²) in [7, 11) is 0. The fraction of sp³-hybridized carbons (Fsp3) is 0.438. The smallest absolute Gasteiger partial charge is 0.0734 e. The Morgan fingerprint density at radius 3 is 2.95 bits per heavy atom. The first kappa shape index (κ1) is 12.6. The van der Waals surface area contributed by atoms with E-state index >= 15 is 0 Å². The molecule has 0 amide bonds. The van der Waals surface area contributed by atoms with Crippen LogP contribution in [0.2, 0.25) is 0 Å². The number of nitrogens with two attached hydrogens (primary N) is 1. The summed E-state index contributed by atoms with van der Waals surface area (Å²) in [5, 5.41) is 4.84. The number of nitrogens with zero attached hydrogens (tertiary/aromatic N) is 1. The number of hydrogen-bond acceptors (Lipinski definition) is 3. The molecule has 1 fully saturated rings. The highest BCUT2D eigenvalue weighted by atomic mass is 14.9. The predicted octanol–water partition coefficient (Wildman–Crippen LogP) is 2.25. The summed E-state index contributed by atoms with van der Waals surface area (Å²) in [5.41, 5.74) is 8.39. The second kappa shape index (κ2) is 5.68. The van der Waals surface area contributed by atoms with E-state index in [0.717, 1.165) is 31.3 Å². The molecule has 1 aromatic carbocycles. The molecule has 0 aliphatic heterocycles. The van der Waals surface area contributed by atoms with E-state index in [0.29, 0.717) is 12.1 Å². The summed E-state index contributed by atoms with van der Waals surface area (Å²) in [5.74, 6) is 0. The molecule has 3 heteroatoms. The van der Waals surface area contributed by atoms with Crippen LogP contribution < -0.4 is 11.1 Å². The molecule has 0 bridgehead atoms. The van der Waals surface area contributed by atoms with Gasteiger partial charge in [-0.25, -0.2) is 0 Å². The maximum absolute atomic E-state index is 5.93. The van der Waals surface area contributed by atoms with Crippen molar-refractivity contribution in [1.29, 1.82) is 0 Å². The van der Waals surface area contributed by atoms with Gasteiger partial charge in [-0.2, -0.15) is 0 Å². The summed E-state index contributed by atoms with van der Waals surface area (Å²) in [6.45, 7) is 1.01. The second-order valence-corrected chi connectivity index (χ2v) is 5.47. The molecule has 3 nitrogen and oxygen atoms in total. The van der Waals surface area contributed by atoms with Gasteiger partial charge in [-0.15, -0.1) is 0 Å². The van der Waals surface area contributed by atoms with E-state index in [1.54, 1.807) is 0 Å². The molecule has 2 atom stereocenters. The van der Waals surface area contributed by atoms with Crippen LogP contribution in [-0.2, 0) is 6.42 Å². The van der Waals surface area contributed by atoms with Gasteiger partial charge in [-0.1, -0.05) is 24.3 Å². The molecular formula is C16H21N3. The van der Waals surface area contributed by atoms with Gasteiger partial charge in [0.2, 0.25) is 0 Å². The highest BCUT2D eigenvalue weighted by Crippen LogP contribution is 2.18. The lowest BCUT2D eigenvalue weighted by molar-refractivity contribution is 0.521. The van der Waals surface area contributed by atoms with Crippen LogP contribution in [0.1, 0.15) is 24.8 Å². The number of hydrogen-bond donors (Lipinski definition) is 2. The first-order chi connectivity index (χ1) is 9.33. The zero-order chi connectivity index (χ0) is 13.1. The second-order valence-electron chi connectivity index (χ2n) is 5.47. The predicted molar refractivity (Wildman–Crippen MR) is 79.1 cm³/mol. The third-order valence-electron chi connectivity index (χ3n) is 4.02. The number of nitrogens with one attached hydrogen (secondary N) is 1. The Labute approximate surface area is 114 Å². The highest BCUT2D eigenvalue weighted by Gasteiger charge is 2.20. The molecule has 100 valence electrons. The fourth-order valence-corrected chi connectivity index (χ4v) is 2.98. The minimum atomic E-state index is 0.400. The fourth-order valence-electron chi connectivity index (χ4n) is 2.98. The number of fused-ring (bicyclic) bond motifs is 1. The Hall–Kier alpha value is -1.45. The van der Waals surface area contributed by atoms with E-state index in [2.05, 4.69) is 34.6 Å². The average molecular weight is 255 g/mol. The molecule has 1 aromatic heterocycles. The Morgan fingerprint density at radius 1 is 1.21 bits per heavy atom. The first-order valence-electron chi connectivity index (χ1n) is 7.14. The standard InChI is InChI=1S/C16H21N3/c17-14-6-7-15(11-14)18-10-8-13-4-1-3-12-5-2-9-19-16(12)13/h1-5,9,14-15,18H,6-8,10-11,17H2. The SMILES string of the molecule is NC1CCC(NCCc2cccc3cccnc23)C1. The summed E-state index contributed by atoms with van der Waals surface area (Å²) >= 11 is 0. The minimum absolute atomic E-state index is 0.400. The van der Waals surface area contributed by atoms with E-state index in [9.17, 15) is 0 Å². The largest absolute Gasteiger partial charge is 0.328 e. The van der Waals surface area contributed by atoms with Gasteiger partial charge in [-0.3, -0.25) is 4.98 Å². The van der Waals surface area contributed by atoms with Gasteiger partial charge < -0.3 is 11.1 Å². The molecule has 1 saturated carbocycles. The van der Waals surface area contributed by atoms with E-state index in [1.807, 2.05) is 12.3 Å². The van der Waals surface area contributed by atoms with E-state index in [4.69, 9.17) is 5.73 Å². The molecule has 1 heterocycles. The third kappa shape index (κ3) is 2.94. The van der Waals surface area contributed by atoms with Crippen LogP contribution in [0.15, 0.2) is 36.5 Å². The van der Waals surface area contributed by atoms with Crippen molar-refractivity contribution in [2.24, 2.45) is 5.73 Å². The number of rotatable bonds is 4. The van der Waals surface area contributed by atoms with Crippen molar-refractivity contribution in [1.82, 2.24) is 10.3 Å². The van der Waals surface area contributed by atoms with Gasteiger partial charge in [0.05, 0.1) is 5.52 Å². The third-order valence-corrected chi connectivity index (χ3v) is 4.02. The summed E-state index contributed by atoms with van der Waals surface area (Å²) < 4.78 is 0. The summed E-state index contributed by atoms with van der Waals surface area (Å²) in [6.07, 6.45) is 6.39. The van der Waals surface area contributed by atoms with Crippen molar-refractivity contribution in [2.45, 2.75) is 37.8 Å². The maximum atomic E-state index is 5.93. The zero-order valence-corrected chi connectivity index (χ0v) is 11.2. The molecule has 0 radical (unpaired) electrons. The molecule has 1 aliphatic carbocycles. The Bertz CT molecular complexity index is 547. The van der Waals surface area contributed by atoms with Crippen LogP contribution in [0, 0.1) is 0 Å². The lowest BCUT2D eigenvalue weighted by Gasteiger charge is -2.12. The molecule has 1 aliphatic rings. The van der Waals surface area contributed by atoms with Crippen molar-refractivity contribution in [3.05, 3.63) is 42.1 Å². The lowest BCUT2D eigenvalue weighted by atomic mass is 10.1. The van der Waals surface area contributed by atoms with Gasteiger partial charge in [0.15, 0.2) is 0 Å². The van der Waals surface area contributed by atoms with Gasteiger partial charge in [0, 0.05) is 23.7 Å². The van der Waals surface area contributed by atoms with Crippen molar-refractivity contribution < 1.29 is 0 Å². The molecule has 3 rings (SSSR count). The minimum Gasteiger partial charge on any atom is -0.328 e. The van der Waals surface area contributed by atoms with Crippen LogP contribution in [0.3, 0.4) is 0 Å². The lowest BCUT2D eigenvalue weighted by Crippen LogP contribution is -2.30. The van der Waals surface area contributed by atoms with Gasteiger partial charge in [0.1, 0.15) is 0 Å². The van der Waals surface area contributed by atoms with Gasteiger partial charge in [-0.05, 0) is 43.9 Å². The molecule has 3 N–H and O–H groups in total. The van der Waals surface area contributed by atoms with Crippen molar-refractivity contribution in [2.75, 3.05) is 6.54 Å². The topological polar surface area (TPSA) is 50.9 Å². The zero-order valence-electron chi connectivity index (χ0n) is 11.2. The van der Waals surface area contributed by atoms with Crippen LogP contribution in [0.4, 0.5) is 0 Å². The Balaban J connectivity index is 1.62. The van der Waals surface area contributed by atoms with Gasteiger partial charge in [0.25, 0.3) is 0 Å². The normalized spacial score (nSPS) is 23.0. The van der Waals surface area contributed by atoms with E-state index in [-0.39, 0.29) is 0 Å². The van der Waals surface area contributed by atoms with Crippen LogP contribution in [-0.4, -0.2) is 23.6 Å². The molecule has 2 aromatic rings. The molecule has 0 saturated heterocycles. The van der Waals surface area contributed by atoms with Crippen LogP contribution in [0.25, 0.3) is 10.9 Å². The van der Waals surface area contributed by atoms with E-state index in [1.165, 1.54) is 17.4 Å². The average Bonchev–Trinajstić information content (AvgIpc) is 2.85.